The predicted octanol–water partition coefficient (Wildman–Crippen LogP) is 2.03. The first-order chi connectivity index (χ1) is 10.6. The summed E-state index contributed by atoms with van der Waals surface area (Å²) in [6.07, 6.45) is 7.62. The minimum atomic E-state index is -0.111. The summed E-state index contributed by atoms with van der Waals surface area (Å²) < 4.78 is 7.45. The van der Waals surface area contributed by atoms with Crippen LogP contribution in [0.5, 0.6) is 0 Å². The third kappa shape index (κ3) is 3.03. The molecule has 1 unspecified atom stereocenters. The highest BCUT2D eigenvalue weighted by atomic mass is 16.4. The second-order valence-corrected chi connectivity index (χ2v) is 5.71. The van der Waals surface area contributed by atoms with Crippen molar-refractivity contribution >= 4 is 5.91 Å². The van der Waals surface area contributed by atoms with E-state index in [9.17, 15) is 4.79 Å². The van der Waals surface area contributed by atoms with E-state index in [0.29, 0.717) is 18.3 Å². The van der Waals surface area contributed by atoms with Crippen molar-refractivity contribution in [2.24, 2.45) is 0 Å². The summed E-state index contributed by atoms with van der Waals surface area (Å²) in [5, 5.41) is 8.03. The highest BCUT2D eigenvalue weighted by molar-refractivity contribution is 5.76. The lowest BCUT2D eigenvalue weighted by molar-refractivity contribution is -0.134. The minimum Gasteiger partial charge on any atom is -0.423 e. The monoisotopic (exact) mass is 303 g/mol. The molecule has 7 nitrogen and oxygen atoms in total. The van der Waals surface area contributed by atoms with Gasteiger partial charge in [0.1, 0.15) is 18.4 Å². The number of aryl methyl sites for hydroxylation is 2. The number of hydrogen-bond acceptors (Lipinski definition) is 5. The highest BCUT2D eigenvalue weighted by Gasteiger charge is 2.30. The summed E-state index contributed by atoms with van der Waals surface area (Å²) in [7, 11) is 0. The molecule has 0 aliphatic carbocycles. The quantitative estimate of drug-likeness (QED) is 0.867. The van der Waals surface area contributed by atoms with Crippen molar-refractivity contribution in [2.45, 2.75) is 52.1 Å². The van der Waals surface area contributed by atoms with E-state index in [2.05, 4.69) is 15.2 Å². The molecule has 7 heteroatoms. The van der Waals surface area contributed by atoms with E-state index < -0.39 is 0 Å². The van der Waals surface area contributed by atoms with Gasteiger partial charge in [0.15, 0.2) is 0 Å². The van der Waals surface area contributed by atoms with E-state index >= 15 is 0 Å². The van der Waals surface area contributed by atoms with Crippen molar-refractivity contribution in [1.82, 2.24) is 24.6 Å². The zero-order valence-corrected chi connectivity index (χ0v) is 13.0. The zero-order chi connectivity index (χ0) is 15.5. The van der Waals surface area contributed by atoms with Crippen LogP contribution in [0.15, 0.2) is 16.8 Å². The fraction of sp³-hybridized carbons (Fsp3) is 0.600. The Morgan fingerprint density at radius 1 is 1.32 bits per heavy atom. The number of likely N-dealkylation sites (tertiary alicyclic amines) is 1. The molecular formula is C15H21N5O2. The van der Waals surface area contributed by atoms with E-state index in [0.717, 1.165) is 38.1 Å². The number of imidazole rings is 1. The first kappa shape index (κ1) is 14.7. The maximum absolute atomic E-state index is 12.7. The molecule has 2 aromatic heterocycles. The molecule has 0 radical (unpaired) electrons. The Balaban J connectivity index is 1.81. The number of hydrogen-bond donors (Lipinski definition) is 0. The van der Waals surface area contributed by atoms with Crippen LogP contribution in [0.1, 0.15) is 49.3 Å². The second kappa shape index (κ2) is 6.29. The van der Waals surface area contributed by atoms with Crippen LogP contribution in [0.3, 0.4) is 0 Å². The van der Waals surface area contributed by atoms with Crippen molar-refractivity contribution in [2.75, 3.05) is 6.54 Å². The number of rotatable bonds is 3. The van der Waals surface area contributed by atoms with Gasteiger partial charge in [0.05, 0.1) is 0 Å². The number of nitrogens with zero attached hydrogens (tertiary/aromatic N) is 5. The fourth-order valence-corrected chi connectivity index (χ4v) is 2.92. The Morgan fingerprint density at radius 2 is 2.18 bits per heavy atom. The van der Waals surface area contributed by atoms with Gasteiger partial charge in [0, 0.05) is 25.9 Å². The van der Waals surface area contributed by atoms with Crippen LogP contribution in [0.2, 0.25) is 0 Å². The molecule has 0 spiro atoms. The zero-order valence-electron chi connectivity index (χ0n) is 13.0. The topological polar surface area (TPSA) is 77.1 Å². The molecule has 2 aromatic rings. The highest BCUT2D eigenvalue weighted by Crippen LogP contribution is 2.29. The van der Waals surface area contributed by atoms with Gasteiger partial charge >= 0.3 is 0 Å². The van der Waals surface area contributed by atoms with Gasteiger partial charge in [-0.25, -0.2) is 4.98 Å². The number of aromatic nitrogens is 4. The molecule has 0 N–H and O–H groups in total. The molecule has 22 heavy (non-hydrogen) atoms. The Hall–Kier alpha value is -2.18. The number of carbonyl (C=O) groups excluding carboxylic acids is 1. The molecular weight excluding hydrogens is 282 g/mol. The summed E-state index contributed by atoms with van der Waals surface area (Å²) in [4.78, 5) is 18.8. The standard InChI is InChI=1S/C15H21N5O2/c1-11-16-7-9-19(11)10-14(21)20-8-5-3-4-6-13(20)15-18-17-12(2)22-15/h7,9,13H,3-6,8,10H2,1-2H3. The number of carbonyl (C=O) groups is 1. The van der Waals surface area contributed by atoms with Crippen molar-refractivity contribution < 1.29 is 9.21 Å². The van der Waals surface area contributed by atoms with Gasteiger partial charge in [0.25, 0.3) is 0 Å². The van der Waals surface area contributed by atoms with Crippen molar-refractivity contribution in [3.63, 3.8) is 0 Å². The molecule has 1 saturated heterocycles. The Morgan fingerprint density at radius 3 is 2.86 bits per heavy atom. The largest absolute Gasteiger partial charge is 0.423 e. The summed E-state index contributed by atoms with van der Waals surface area (Å²) in [6, 6.07) is -0.111. The average Bonchev–Trinajstić information content (AvgIpc) is 3.00. The molecule has 0 aromatic carbocycles. The lowest BCUT2D eigenvalue weighted by Crippen LogP contribution is -2.37. The van der Waals surface area contributed by atoms with E-state index in [-0.39, 0.29) is 11.9 Å². The van der Waals surface area contributed by atoms with Gasteiger partial charge in [-0.1, -0.05) is 12.8 Å². The van der Waals surface area contributed by atoms with E-state index in [1.165, 1.54) is 0 Å². The van der Waals surface area contributed by atoms with Crippen LogP contribution in [0.25, 0.3) is 0 Å². The van der Waals surface area contributed by atoms with Gasteiger partial charge in [-0.05, 0) is 19.8 Å². The first-order valence-electron chi connectivity index (χ1n) is 7.72. The van der Waals surface area contributed by atoms with Crippen molar-refractivity contribution in [1.29, 1.82) is 0 Å². The van der Waals surface area contributed by atoms with Gasteiger partial charge in [0.2, 0.25) is 17.7 Å². The maximum atomic E-state index is 12.7. The van der Waals surface area contributed by atoms with Gasteiger partial charge in [-0.3, -0.25) is 4.79 Å². The van der Waals surface area contributed by atoms with Gasteiger partial charge in [-0.15, -0.1) is 10.2 Å². The smallest absolute Gasteiger partial charge is 0.243 e. The molecule has 1 atom stereocenters. The summed E-state index contributed by atoms with van der Waals surface area (Å²) >= 11 is 0. The molecule has 3 heterocycles. The first-order valence-corrected chi connectivity index (χ1v) is 7.72. The third-order valence-corrected chi connectivity index (χ3v) is 4.13. The molecule has 1 aliphatic heterocycles. The van der Waals surface area contributed by atoms with Gasteiger partial charge in [-0.2, -0.15) is 0 Å². The molecule has 1 aliphatic rings. The predicted molar refractivity (Wildman–Crippen MR) is 78.9 cm³/mol. The molecule has 3 rings (SSSR count). The minimum absolute atomic E-state index is 0.0730. The molecule has 118 valence electrons. The van der Waals surface area contributed by atoms with E-state index in [1.54, 1.807) is 13.1 Å². The van der Waals surface area contributed by atoms with Crippen LogP contribution in [-0.4, -0.2) is 37.1 Å². The van der Waals surface area contributed by atoms with Crippen LogP contribution in [0, 0.1) is 13.8 Å². The van der Waals surface area contributed by atoms with Crippen LogP contribution in [-0.2, 0) is 11.3 Å². The summed E-state index contributed by atoms with van der Waals surface area (Å²) in [6.45, 7) is 4.71. The maximum Gasteiger partial charge on any atom is 0.243 e. The summed E-state index contributed by atoms with van der Waals surface area (Å²) in [5.74, 6) is 2.00. The van der Waals surface area contributed by atoms with Crippen LogP contribution < -0.4 is 0 Å². The summed E-state index contributed by atoms with van der Waals surface area (Å²) in [5.41, 5.74) is 0. The van der Waals surface area contributed by atoms with E-state index in [4.69, 9.17) is 4.42 Å². The SMILES string of the molecule is Cc1nnc(C2CCCCCN2C(=O)Cn2ccnc2C)o1. The molecule has 1 fully saturated rings. The average molecular weight is 303 g/mol. The second-order valence-electron chi connectivity index (χ2n) is 5.71. The normalized spacial score (nSPS) is 19.2. The fourth-order valence-electron chi connectivity index (χ4n) is 2.92. The van der Waals surface area contributed by atoms with Gasteiger partial charge < -0.3 is 13.9 Å². The molecule has 0 saturated carbocycles. The number of amides is 1. The Kier molecular flexibility index (Phi) is 4.22. The van der Waals surface area contributed by atoms with Crippen LogP contribution >= 0.6 is 0 Å². The van der Waals surface area contributed by atoms with Crippen LogP contribution in [0.4, 0.5) is 0 Å². The molecule has 0 bridgehead atoms. The lowest BCUT2D eigenvalue weighted by atomic mass is 10.1. The van der Waals surface area contributed by atoms with E-state index in [1.807, 2.05) is 22.6 Å². The van der Waals surface area contributed by atoms with Crippen molar-refractivity contribution in [3.8, 4) is 0 Å². The van der Waals surface area contributed by atoms with Crippen molar-refractivity contribution in [3.05, 3.63) is 30.0 Å². The lowest BCUT2D eigenvalue weighted by Gasteiger charge is -2.27. The Bertz CT molecular complexity index is 648. The molecule has 1 amide bonds. The third-order valence-electron chi connectivity index (χ3n) is 4.13. The Labute approximate surface area is 129 Å².